The van der Waals surface area contributed by atoms with E-state index in [1.807, 2.05) is 12.1 Å². The number of primary amides is 1. The topological polar surface area (TPSA) is 129 Å². The first-order valence-corrected chi connectivity index (χ1v) is 11.7. The van der Waals surface area contributed by atoms with E-state index in [9.17, 15) is 18.0 Å². The molecule has 1 aliphatic heterocycles. The molecule has 1 saturated heterocycles. The number of hydrogen-bond acceptors (Lipinski definition) is 7. The van der Waals surface area contributed by atoms with Gasteiger partial charge >= 0.3 is 6.18 Å². The van der Waals surface area contributed by atoms with Crippen molar-refractivity contribution in [1.29, 1.82) is 0 Å². The van der Waals surface area contributed by atoms with Gasteiger partial charge in [0, 0.05) is 36.2 Å². The van der Waals surface area contributed by atoms with Crippen molar-refractivity contribution in [1.82, 2.24) is 40.1 Å². The predicted octanol–water partition coefficient (Wildman–Crippen LogP) is 3.52. The van der Waals surface area contributed by atoms with Gasteiger partial charge in [0.2, 0.25) is 0 Å². The van der Waals surface area contributed by atoms with Gasteiger partial charge in [0.25, 0.3) is 5.91 Å². The normalized spacial score (nSPS) is 14.1. The summed E-state index contributed by atoms with van der Waals surface area (Å²) in [5, 5.41) is 16.8. The lowest BCUT2D eigenvalue weighted by Gasteiger charge is -2.27. The number of halogens is 4. The molecule has 192 valence electrons. The van der Waals surface area contributed by atoms with Crippen molar-refractivity contribution in [3.05, 3.63) is 77.2 Å². The van der Waals surface area contributed by atoms with E-state index in [0.717, 1.165) is 29.0 Å². The summed E-state index contributed by atoms with van der Waals surface area (Å²) in [5.41, 5.74) is 4.41. The second kappa shape index (κ2) is 8.89. The molecule has 0 saturated carbocycles. The number of carbonyl (C=O) groups is 1. The molecule has 1 aliphatic rings. The number of nitrogens with two attached hydrogens (primary N) is 1. The van der Waals surface area contributed by atoms with Gasteiger partial charge in [-0.05, 0) is 11.5 Å². The van der Waals surface area contributed by atoms with Gasteiger partial charge in [-0.2, -0.15) is 23.4 Å². The van der Waals surface area contributed by atoms with Crippen molar-refractivity contribution in [2.45, 2.75) is 12.1 Å². The first-order chi connectivity index (χ1) is 18.2. The lowest BCUT2D eigenvalue weighted by atomic mass is 9.92. The molecule has 1 fully saturated rings. The van der Waals surface area contributed by atoms with Crippen LogP contribution in [0.3, 0.4) is 0 Å². The summed E-state index contributed by atoms with van der Waals surface area (Å²) in [6, 6.07) is 8.53. The number of pyridine rings is 2. The van der Waals surface area contributed by atoms with Crippen LogP contribution < -0.4 is 11.1 Å². The van der Waals surface area contributed by atoms with E-state index in [-0.39, 0.29) is 33.7 Å². The molecule has 6 rings (SSSR count). The SMILES string of the molecule is NC(=O)c1c(-c2cnc(C3CNC3)c3ccccc23)nn(-c2cncc(-n3ncc(Cl)n3)c2)c1C(F)(F)F. The van der Waals surface area contributed by atoms with Crippen LogP contribution in [0.25, 0.3) is 33.4 Å². The average Bonchev–Trinajstić information content (AvgIpc) is 3.48. The number of nitrogens with zero attached hydrogens (tertiary/aromatic N) is 7. The van der Waals surface area contributed by atoms with Crippen molar-refractivity contribution in [2.75, 3.05) is 13.1 Å². The van der Waals surface area contributed by atoms with E-state index in [1.54, 1.807) is 12.1 Å². The number of amides is 1. The van der Waals surface area contributed by atoms with Crippen molar-refractivity contribution >= 4 is 28.3 Å². The van der Waals surface area contributed by atoms with Crippen LogP contribution in [0, 0.1) is 0 Å². The zero-order valence-electron chi connectivity index (χ0n) is 19.3. The minimum atomic E-state index is -4.99. The Morgan fingerprint density at radius 3 is 2.42 bits per heavy atom. The minimum absolute atomic E-state index is 0.0873. The van der Waals surface area contributed by atoms with Gasteiger partial charge in [-0.3, -0.25) is 14.8 Å². The van der Waals surface area contributed by atoms with E-state index in [0.29, 0.717) is 10.1 Å². The fourth-order valence-corrected chi connectivity index (χ4v) is 4.62. The monoisotopic (exact) mass is 539 g/mol. The summed E-state index contributed by atoms with van der Waals surface area (Å²) in [6.45, 7) is 1.49. The van der Waals surface area contributed by atoms with Gasteiger partial charge < -0.3 is 11.1 Å². The molecule has 1 amide bonds. The van der Waals surface area contributed by atoms with E-state index < -0.39 is 23.3 Å². The standard InChI is InChI=1S/C24H17ClF3N9O/c25-18-11-33-37(34-18)14-5-13(8-31-9-14)36-22(24(26,27)28)19(23(29)38)21(35-36)17-10-32-20(12-6-30-7-12)16-4-2-1-3-15(16)17/h1-5,8-12,30H,6-7H2,(H2,29,38). The molecule has 5 aromatic rings. The number of alkyl halides is 3. The third kappa shape index (κ3) is 3.96. The van der Waals surface area contributed by atoms with E-state index in [1.165, 1.54) is 30.9 Å². The zero-order chi connectivity index (χ0) is 26.6. The van der Waals surface area contributed by atoms with Crippen LogP contribution in [0.4, 0.5) is 13.2 Å². The molecular weight excluding hydrogens is 523 g/mol. The summed E-state index contributed by atoms with van der Waals surface area (Å²) in [5.74, 6) is -1.11. The summed E-state index contributed by atoms with van der Waals surface area (Å²) in [7, 11) is 0. The highest BCUT2D eigenvalue weighted by molar-refractivity contribution is 6.29. The van der Waals surface area contributed by atoms with Crippen molar-refractivity contribution in [2.24, 2.45) is 5.73 Å². The number of fused-ring (bicyclic) bond motifs is 1. The van der Waals surface area contributed by atoms with Crippen LogP contribution in [-0.4, -0.2) is 53.7 Å². The van der Waals surface area contributed by atoms with Gasteiger partial charge in [0.1, 0.15) is 11.4 Å². The Bertz CT molecular complexity index is 1710. The molecule has 0 unspecified atom stereocenters. The Balaban J connectivity index is 1.60. The molecule has 38 heavy (non-hydrogen) atoms. The van der Waals surface area contributed by atoms with Crippen LogP contribution in [0.2, 0.25) is 5.15 Å². The van der Waals surface area contributed by atoms with Crippen LogP contribution in [-0.2, 0) is 6.18 Å². The Kier molecular flexibility index (Phi) is 5.61. The summed E-state index contributed by atoms with van der Waals surface area (Å²) >= 11 is 5.83. The number of hydrogen-bond donors (Lipinski definition) is 2. The molecule has 5 heterocycles. The molecule has 14 heteroatoms. The van der Waals surface area contributed by atoms with Crippen molar-refractivity contribution in [3.8, 4) is 22.6 Å². The zero-order valence-corrected chi connectivity index (χ0v) is 20.1. The van der Waals surface area contributed by atoms with E-state index in [2.05, 4.69) is 30.6 Å². The minimum Gasteiger partial charge on any atom is -0.365 e. The third-order valence-corrected chi connectivity index (χ3v) is 6.47. The fourth-order valence-electron chi connectivity index (χ4n) is 4.51. The van der Waals surface area contributed by atoms with Crippen molar-refractivity contribution < 1.29 is 18.0 Å². The number of nitrogens with one attached hydrogen (secondary N) is 1. The maximum absolute atomic E-state index is 14.5. The van der Waals surface area contributed by atoms with Crippen LogP contribution in [0.1, 0.15) is 27.7 Å². The highest BCUT2D eigenvalue weighted by Crippen LogP contribution is 2.40. The summed E-state index contributed by atoms with van der Waals surface area (Å²) < 4.78 is 44.1. The maximum Gasteiger partial charge on any atom is 0.434 e. The highest BCUT2D eigenvalue weighted by Gasteiger charge is 2.43. The number of aromatic nitrogens is 7. The molecule has 0 spiro atoms. The molecule has 0 aliphatic carbocycles. The maximum atomic E-state index is 14.5. The Morgan fingerprint density at radius 2 is 1.79 bits per heavy atom. The number of benzene rings is 1. The smallest absolute Gasteiger partial charge is 0.365 e. The Labute approximate surface area is 217 Å². The lowest BCUT2D eigenvalue weighted by Crippen LogP contribution is -2.40. The molecular formula is C24H17ClF3N9O. The number of carbonyl (C=O) groups excluding carboxylic acids is 1. The summed E-state index contributed by atoms with van der Waals surface area (Å²) in [6.07, 6.45) is 0.250. The van der Waals surface area contributed by atoms with Gasteiger partial charge in [-0.25, -0.2) is 4.68 Å². The average molecular weight is 540 g/mol. The second-order valence-electron chi connectivity index (χ2n) is 8.66. The number of rotatable bonds is 5. The van der Waals surface area contributed by atoms with E-state index in [4.69, 9.17) is 17.3 Å². The molecule has 1 aromatic carbocycles. The molecule has 3 N–H and O–H groups in total. The van der Waals surface area contributed by atoms with E-state index >= 15 is 0 Å². The highest BCUT2D eigenvalue weighted by atomic mass is 35.5. The van der Waals surface area contributed by atoms with Gasteiger partial charge in [-0.15, -0.1) is 9.90 Å². The quantitative estimate of drug-likeness (QED) is 0.349. The van der Waals surface area contributed by atoms with Crippen LogP contribution in [0.5, 0.6) is 0 Å². The first kappa shape index (κ1) is 24.0. The Hall–Kier alpha value is -4.36. The molecule has 4 aromatic heterocycles. The largest absolute Gasteiger partial charge is 0.434 e. The third-order valence-electron chi connectivity index (χ3n) is 6.30. The summed E-state index contributed by atoms with van der Waals surface area (Å²) in [4.78, 5) is 22.2. The predicted molar refractivity (Wildman–Crippen MR) is 131 cm³/mol. The molecule has 0 atom stereocenters. The second-order valence-corrected chi connectivity index (χ2v) is 9.05. The van der Waals surface area contributed by atoms with Gasteiger partial charge in [-0.1, -0.05) is 35.9 Å². The lowest BCUT2D eigenvalue weighted by molar-refractivity contribution is -0.143. The van der Waals surface area contributed by atoms with Crippen LogP contribution >= 0.6 is 11.6 Å². The van der Waals surface area contributed by atoms with Crippen LogP contribution in [0.15, 0.2) is 55.1 Å². The molecule has 0 radical (unpaired) electrons. The van der Waals surface area contributed by atoms with Gasteiger partial charge in [0.15, 0.2) is 10.8 Å². The first-order valence-electron chi connectivity index (χ1n) is 11.3. The van der Waals surface area contributed by atoms with Gasteiger partial charge in [0.05, 0.1) is 35.5 Å². The molecule has 0 bridgehead atoms. The van der Waals surface area contributed by atoms with Crippen molar-refractivity contribution in [3.63, 3.8) is 0 Å². The Morgan fingerprint density at radius 1 is 1.05 bits per heavy atom. The fraction of sp³-hybridized carbons (Fsp3) is 0.167. The molecule has 10 nitrogen and oxygen atoms in total.